The summed E-state index contributed by atoms with van der Waals surface area (Å²) < 4.78 is 21.2. The molecule has 34 heavy (non-hydrogen) atoms. The smallest absolute Gasteiger partial charge is 0.408 e. The lowest BCUT2D eigenvalue weighted by Gasteiger charge is -2.25. The summed E-state index contributed by atoms with van der Waals surface area (Å²) in [5.41, 5.74) is 1.59. The van der Waals surface area contributed by atoms with E-state index >= 15 is 0 Å². The molecule has 1 unspecified atom stereocenters. The van der Waals surface area contributed by atoms with Crippen LogP contribution in [-0.2, 0) is 37.0 Å². The second-order valence-corrected chi connectivity index (χ2v) is 8.49. The molecule has 0 aromatic heterocycles. The highest BCUT2D eigenvalue weighted by Gasteiger charge is 2.33. The fourth-order valence-corrected chi connectivity index (χ4v) is 3.00. The number of nitrogens with one attached hydrogen (secondary N) is 1. The quantitative estimate of drug-likeness (QED) is 0.386. The van der Waals surface area contributed by atoms with E-state index in [4.69, 9.17) is 18.9 Å². The van der Waals surface area contributed by atoms with E-state index in [2.05, 4.69) is 5.32 Å². The molecule has 0 saturated carbocycles. The molecule has 1 N–H and O–H groups in total. The second kappa shape index (κ2) is 13.2. The Morgan fingerprint density at radius 3 is 1.91 bits per heavy atom. The molecule has 8 heteroatoms. The van der Waals surface area contributed by atoms with E-state index in [1.54, 1.807) is 59.1 Å². The lowest BCUT2D eigenvalue weighted by molar-refractivity contribution is -0.173. The number of esters is 2. The number of amides is 1. The van der Waals surface area contributed by atoms with Crippen LogP contribution in [0.1, 0.15) is 38.8 Å². The van der Waals surface area contributed by atoms with E-state index in [0.717, 1.165) is 11.1 Å². The Hall–Kier alpha value is -3.55. The third-order valence-electron chi connectivity index (χ3n) is 5.03. The maximum Gasteiger partial charge on any atom is 0.408 e. The van der Waals surface area contributed by atoms with Crippen LogP contribution >= 0.6 is 0 Å². The summed E-state index contributed by atoms with van der Waals surface area (Å²) in [5.74, 6) is -1.32. The van der Waals surface area contributed by atoms with E-state index in [1.165, 1.54) is 0 Å². The summed E-state index contributed by atoms with van der Waals surface area (Å²) in [6.07, 6.45) is -1.86. The number of carbonyl (C=O) groups excluding carboxylic acids is 3. The number of hydrogen-bond donors (Lipinski definition) is 1. The molecule has 8 nitrogen and oxygen atoms in total. The largest absolute Gasteiger partial charge is 0.497 e. The van der Waals surface area contributed by atoms with Crippen LogP contribution in [0.3, 0.4) is 0 Å². The minimum absolute atomic E-state index is 0.0290. The highest BCUT2D eigenvalue weighted by molar-refractivity contribution is 5.85. The highest BCUT2D eigenvalue weighted by atomic mass is 16.6. The molecule has 1 amide bonds. The van der Waals surface area contributed by atoms with Crippen molar-refractivity contribution >= 4 is 18.0 Å². The summed E-state index contributed by atoms with van der Waals surface area (Å²) >= 11 is 0. The summed E-state index contributed by atoms with van der Waals surface area (Å²) in [6, 6.07) is 15.3. The number of rotatable bonds is 11. The van der Waals surface area contributed by atoms with E-state index in [0.29, 0.717) is 5.75 Å². The lowest BCUT2D eigenvalue weighted by atomic mass is 10.0. The van der Waals surface area contributed by atoms with Gasteiger partial charge in [0.25, 0.3) is 0 Å². The minimum atomic E-state index is -1.12. The molecule has 0 saturated heterocycles. The highest BCUT2D eigenvalue weighted by Crippen LogP contribution is 2.16. The van der Waals surface area contributed by atoms with Crippen molar-refractivity contribution in [1.82, 2.24) is 5.32 Å². The molecular formula is C26H33NO7. The van der Waals surface area contributed by atoms with Gasteiger partial charge in [0.1, 0.15) is 25.0 Å². The molecule has 0 radical (unpaired) electrons. The third-order valence-corrected chi connectivity index (χ3v) is 5.03. The number of benzene rings is 2. The normalized spacial score (nSPS) is 12.6. The summed E-state index contributed by atoms with van der Waals surface area (Å²) in [5, 5.41) is 2.54. The van der Waals surface area contributed by atoms with Gasteiger partial charge in [-0.15, -0.1) is 0 Å². The zero-order valence-corrected chi connectivity index (χ0v) is 20.3. The Morgan fingerprint density at radius 2 is 1.35 bits per heavy atom. The summed E-state index contributed by atoms with van der Waals surface area (Å²) in [7, 11) is 1.57. The Morgan fingerprint density at radius 1 is 0.765 bits per heavy atom. The van der Waals surface area contributed by atoms with Gasteiger partial charge in [-0.05, 0) is 29.2 Å². The number of carbonyl (C=O) groups is 3. The Bertz CT molecular complexity index is 926. The molecule has 2 aromatic rings. The van der Waals surface area contributed by atoms with Gasteiger partial charge >= 0.3 is 18.0 Å². The van der Waals surface area contributed by atoms with Crippen LogP contribution in [0.15, 0.2) is 54.6 Å². The SMILES string of the molecule is COc1ccc(COC(=O)[C@@H](OC(=O)C(NC(=O)OCc2ccccc2)C(C)C)C(C)C)cc1. The van der Waals surface area contributed by atoms with E-state index in [1.807, 2.05) is 30.3 Å². The Labute approximate surface area is 200 Å². The maximum atomic E-state index is 12.8. The topological polar surface area (TPSA) is 100 Å². The molecule has 0 bridgehead atoms. The molecule has 2 aromatic carbocycles. The molecule has 0 heterocycles. The third kappa shape index (κ3) is 8.42. The number of ether oxygens (including phenoxy) is 4. The standard InChI is InChI=1S/C26H33NO7/c1-17(2)22(27-26(30)33-16-19-9-7-6-8-10-19)24(28)34-23(18(3)4)25(29)32-15-20-11-13-21(31-5)14-12-20/h6-14,17-18,22-23H,15-16H2,1-5H3,(H,27,30)/t22?,23-/m0/s1. The maximum absolute atomic E-state index is 12.8. The average molecular weight is 472 g/mol. The van der Waals surface area contributed by atoms with Gasteiger partial charge in [-0.3, -0.25) is 0 Å². The van der Waals surface area contributed by atoms with Crippen LogP contribution in [0, 0.1) is 11.8 Å². The predicted octanol–water partition coefficient (Wildman–Crippen LogP) is 4.26. The first kappa shape index (κ1) is 26.7. The summed E-state index contributed by atoms with van der Waals surface area (Å²) in [6.45, 7) is 7.11. The van der Waals surface area contributed by atoms with Gasteiger partial charge in [0, 0.05) is 5.92 Å². The molecule has 0 aliphatic heterocycles. The lowest BCUT2D eigenvalue weighted by Crippen LogP contribution is -2.48. The zero-order chi connectivity index (χ0) is 25.1. The predicted molar refractivity (Wildman–Crippen MR) is 126 cm³/mol. The molecule has 2 atom stereocenters. The molecule has 0 spiro atoms. The van der Waals surface area contributed by atoms with Crippen molar-refractivity contribution in [1.29, 1.82) is 0 Å². The van der Waals surface area contributed by atoms with Crippen molar-refractivity contribution in [2.45, 2.75) is 53.1 Å². The number of hydrogen-bond acceptors (Lipinski definition) is 7. The van der Waals surface area contributed by atoms with Crippen LogP contribution in [0.2, 0.25) is 0 Å². The van der Waals surface area contributed by atoms with Gasteiger partial charge in [-0.1, -0.05) is 70.2 Å². The first-order valence-electron chi connectivity index (χ1n) is 11.2. The second-order valence-electron chi connectivity index (χ2n) is 8.49. The average Bonchev–Trinajstić information content (AvgIpc) is 2.83. The fraction of sp³-hybridized carbons (Fsp3) is 0.423. The van der Waals surface area contributed by atoms with Crippen molar-refractivity contribution < 1.29 is 33.3 Å². The van der Waals surface area contributed by atoms with E-state index in [9.17, 15) is 14.4 Å². The molecule has 0 aliphatic carbocycles. The fourth-order valence-electron chi connectivity index (χ4n) is 3.00. The van der Waals surface area contributed by atoms with Crippen molar-refractivity contribution in [3.8, 4) is 5.75 Å². The number of methoxy groups -OCH3 is 1. The van der Waals surface area contributed by atoms with Gasteiger partial charge in [-0.2, -0.15) is 0 Å². The first-order valence-corrected chi connectivity index (χ1v) is 11.2. The zero-order valence-electron chi connectivity index (χ0n) is 20.3. The van der Waals surface area contributed by atoms with Crippen LogP contribution < -0.4 is 10.1 Å². The molecular weight excluding hydrogens is 438 g/mol. The number of alkyl carbamates (subject to hydrolysis) is 1. The van der Waals surface area contributed by atoms with Gasteiger partial charge < -0.3 is 24.3 Å². The van der Waals surface area contributed by atoms with Crippen molar-refractivity contribution in [3.63, 3.8) is 0 Å². The Balaban J connectivity index is 1.94. The van der Waals surface area contributed by atoms with Gasteiger partial charge in [0.2, 0.25) is 6.10 Å². The summed E-state index contributed by atoms with van der Waals surface area (Å²) in [4.78, 5) is 37.8. The Kier molecular flexibility index (Phi) is 10.4. The molecule has 0 fully saturated rings. The van der Waals surface area contributed by atoms with Gasteiger partial charge in [-0.25, -0.2) is 14.4 Å². The van der Waals surface area contributed by atoms with Crippen LogP contribution in [-0.4, -0.2) is 37.3 Å². The molecule has 184 valence electrons. The van der Waals surface area contributed by atoms with Crippen molar-refractivity contribution in [2.75, 3.05) is 7.11 Å². The van der Waals surface area contributed by atoms with Crippen LogP contribution in [0.4, 0.5) is 4.79 Å². The van der Waals surface area contributed by atoms with Crippen molar-refractivity contribution in [3.05, 3.63) is 65.7 Å². The monoisotopic (exact) mass is 471 g/mol. The minimum Gasteiger partial charge on any atom is -0.497 e. The van der Waals surface area contributed by atoms with Gasteiger partial charge in [0.15, 0.2) is 0 Å². The van der Waals surface area contributed by atoms with E-state index in [-0.39, 0.29) is 25.0 Å². The van der Waals surface area contributed by atoms with E-state index < -0.39 is 30.2 Å². The van der Waals surface area contributed by atoms with Crippen LogP contribution in [0.5, 0.6) is 5.75 Å². The first-order chi connectivity index (χ1) is 16.2. The molecule has 0 aliphatic rings. The van der Waals surface area contributed by atoms with Gasteiger partial charge in [0.05, 0.1) is 7.11 Å². The van der Waals surface area contributed by atoms with Crippen molar-refractivity contribution in [2.24, 2.45) is 11.8 Å². The van der Waals surface area contributed by atoms with Crippen LogP contribution in [0.25, 0.3) is 0 Å². The molecule has 2 rings (SSSR count).